The molecule has 0 radical (unpaired) electrons. The SMILES string of the molecule is CCN(CCC#N)c1nc(Cl)nc(Cl)n1. The van der Waals surface area contributed by atoms with Gasteiger partial charge in [0.15, 0.2) is 0 Å². The van der Waals surface area contributed by atoms with E-state index in [2.05, 4.69) is 21.0 Å². The smallest absolute Gasteiger partial charge is 0.230 e. The van der Waals surface area contributed by atoms with E-state index < -0.39 is 0 Å². The monoisotopic (exact) mass is 245 g/mol. The van der Waals surface area contributed by atoms with Crippen molar-refractivity contribution in [3.05, 3.63) is 10.6 Å². The van der Waals surface area contributed by atoms with Gasteiger partial charge in [0.05, 0.1) is 12.5 Å². The summed E-state index contributed by atoms with van der Waals surface area (Å²) in [5.74, 6) is 0.401. The van der Waals surface area contributed by atoms with E-state index in [4.69, 9.17) is 28.5 Å². The Bertz CT molecular complexity index is 356. The molecule has 0 aliphatic rings. The molecule has 0 unspecified atom stereocenters. The molecule has 0 atom stereocenters. The molecule has 1 aromatic rings. The van der Waals surface area contributed by atoms with Gasteiger partial charge in [0.1, 0.15) is 0 Å². The topological polar surface area (TPSA) is 65.7 Å². The lowest BCUT2D eigenvalue weighted by atomic mass is 10.4. The number of nitrogens with zero attached hydrogens (tertiary/aromatic N) is 5. The van der Waals surface area contributed by atoms with E-state index in [1.807, 2.05) is 11.8 Å². The highest BCUT2D eigenvalue weighted by Gasteiger charge is 2.09. The van der Waals surface area contributed by atoms with Gasteiger partial charge in [0, 0.05) is 13.1 Å². The minimum atomic E-state index is 0.0559. The summed E-state index contributed by atoms with van der Waals surface area (Å²) in [5, 5.41) is 8.60. The van der Waals surface area contributed by atoms with Gasteiger partial charge in [-0.15, -0.1) is 0 Å². The van der Waals surface area contributed by atoms with E-state index >= 15 is 0 Å². The van der Waals surface area contributed by atoms with Gasteiger partial charge in [-0.3, -0.25) is 0 Å². The van der Waals surface area contributed by atoms with E-state index in [0.29, 0.717) is 25.5 Å². The van der Waals surface area contributed by atoms with Crippen LogP contribution in [-0.2, 0) is 0 Å². The van der Waals surface area contributed by atoms with Crippen LogP contribution in [-0.4, -0.2) is 28.0 Å². The third-order valence-electron chi connectivity index (χ3n) is 1.73. The molecule has 0 aliphatic heterocycles. The number of halogens is 2. The van der Waals surface area contributed by atoms with Crippen LogP contribution < -0.4 is 4.90 Å². The lowest BCUT2D eigenvalue weighted by Gasteiger charge is -2.18. The van der Waals surface area contributed by atoms with Crippen LogP contribution in [0.15, 0.2) is 0 Å². The normalized spacial score (nSPS) is 9.73. The molecule has 1 rings (SSSR count). The van der Waals surface area contributed by atoms with E-state index in [0.717, 1.165) is 0 Å². The summed E-state index contributed by atoms with van der Waals surface area (Å²) in [5.41, 5.74) is 0. The van der Waals surface area contributed by atoms with Gasteiger partial charge >= 0.3 is 0 Å². The van der Waals surface area contributed by atoms with E-state index in [1.54, 1.807) is 0 Å². The molecule has 5 nitrogen and oxygen atoms in total. The summed E-state index contributed by atoms with van der Waals surface area (Å²) >= 11 is 11.3. The van der Waals surface area contributed by atoms with E-state index in [-0.39, 0.29) is 10.6 Å². The van der Waals surface area contributed by atoms with Gasteiger partial charge in [0.2, 0.25) is 16.5 Å². The molecule has 1 heterocycles. The molecule has 15 heavy (non-hydrogen) atoms. The van der Waals surface area contributed by atoms with Gasteiger partial charge in [0.25, 0.3) is 0 Å². The van der Waals surface area contributed by atoms with Crippen molar-refractivity contribution >= 4 is 29.2 Å². The first-order valence-corrected chi connectivity index (χ1v) is 5.12. The molecular weight excluding hydrogens is 237 g/mol. The van der Waals surface area contributed by atoms with Crippen molar-refractivity contribution < 1.29 is 0 Å². The first-order chi connectivity index (χ1) is 7.17. The Morgan fingerprint density at radius 3 is 2.33 bits per heavy atom. The molecule has 1 aromatic heterocycles. The largest absolute Gasteiger partial charge is 0.340 e. The summed E-state index contributed by atoms with van der Waals surface area (Å²) in [7, 11) is 0. The number of anilines is 1. The quantitative estimate of drug-likeness (QED) is 0.811. The predicted octanol–water partition coefficient (Wildman–Crippen LogP) is 1.92. The van der Waals surface area contributed by atoms with Gasteiger partial charge in [-0.25, -0.2) is 0 Å². The van der Waals surface area contributed by atoms with Crippen molar-refractivity contribution in [2.24, 2.45) is 0 Å². The average molecular weight is 246 g/mol. The summed E-state index contributed by atoms with van der Waals surface area (Å²) in [4.78, 5) is 13.3. The van der Waals surface area contributed by atoms with Crippen LogP contribution in [0.25, 0.3) is 0 Å². The van der Waals surface area contributed by atoms with Crippen molar-refractivity contribution in [3.8, 4) is 6.07 Å². The number of rotatable bonds is 4. The Labute approximate surface area is 97.7 Å². The Balaban J connectivity index is 2.87. The first kappa shape index (κ1) is 12.0. The predicted molar refractivity (Wildman–Crippen MR) is 58.0 cm³/mol. The van der Waals surface area contributed by atoms with Crippen LogP contribution in [0.5, 0.6) is 0 Å². The molecule has 0 N–H and O–H groups in total. The minimum absolute atomic E-state index is 0.0559. The Morgan fingerprint density at radius 1 is 1.27 bits per heavy atom. The van der Waals surface area contributed by atoms with Crippen LogP contribution >= 0.6 is 23.2 Å². The maximum atomic E-state index is 8.48. The fourth-order valence-corrected chi connectivity index (χ4v) is 1.40. The molecule has 0 bridgehead atoms. The standard InChI is InChI=1S/C8H9Cl2N5/c1-2-15(5-3-4-11)8-13-6(9)12-7(10)14-8/h2-3,5H2,1H3. The van der Waals surface area contributed by atoms with Crippen LogP contribution in [0, 0.1) is 11.3 Å². The number of hydrogen-bond acceptors (Lipinski definition) is 5. The highest BCUT2D eigenvalue weighted by molar-refractivity contribution is 6.31. The average Bonchev–Trinajstić information content (AvgIpc) is 2.17. The number of aromatic nitrogens is 3. The number of hydrogen-bond donors (Lipinski definition) is 0. The van der Waals surface area contributed by atoms with Gasteiger partial charge < -0.3 is 4.90 Å². The summed E-state index contributed by atoms with van der Waals surface area (Å²) in [6.07, 6.45) is 0.398. The van der Waals surface area contributed by atoms with Crippen molar-refractivity contribution in [3.63, 3.8) is 0 Å². The molecule has 0 aromatic carbocycles. The van der Waals surface area contributed by atoms with Crippen LogP contribution in [0.3, 0.4) is 0 Å². The molecule has 0 fully saturated rings. The fraction of sp³-hybridized carbons (Fsp3) is 0.500. The zero-order valence-corrected chi connectivity index (χ0v) is 9.63. The third-order valence-corrected chi connectivity index (χ3v) is 2.07. The minimum Gasteiger partial charge on any atom is -0.340 e. The molecular formula is C8H9Cl2N5. The van der Waals surface area contributed by atoms with Crippen molar-refractivity contribution in [1.82, 2.24) is 15.0 Å². The molecule has 80 valence electrons. The lowest BCUT2D eigenvalue weighted by Crippen LogP contribution is -2.26. The zero-order chi connectivity index (χ0) is 11.3. The van der Waals surface area contributed by atoms with Gasteiger partial charge in [-0.1, -0.05) is 0 Å². The number of nitriles is 1. The maximum absolute atomic E-state index is 8.48. The fourth-order valence-electron chi connectivity index (χ4n) is 1.04. The summed E-state index contributed by atoms with van der Waals surface area (Å²) in [6, 6.07) is 2.05. The van der Waals surface area contributed by atoms with Crippen molar-refractivity contribution in [2.45, 2.75) is 13.3 Å². The first-order valence-electron chi connectivity index (χ1n) is 4.36. The van der Waals surface area contributed by atoms with Crippen molar-refractivity contribution in [1.29, 1.82) is 5.26 Å². The Morgan fingerprint density at radius 2 is 1.87 bits per heavy atom. The lowest BCUT2D eigenvalue weighted by molar-refractivity contribution is 0.783. The Hall–Kier alpha value is -1.12. The maximum Gasteiger partial charge on any atom is 0.230 e. The molecule has 0 saturated carbocycles. The van der Waals surface area contributed by atoms with Crippen LogP contribution in [0.4, 0.5) is 5.95 Å². The second-order valence-electron chi connectivity index (χ2n) is 2.66. The second kappa shape index (κ2) is 5.69. The van der Waals surface area contributed by atoms with Gasteiger partial charge in [-0.2, -0.15) is 20.2 Å². The molecule has 0 spiro atoms. The molecule has 0 amide bonds. The highest BCUT2D eigenvalue weighted by Crippen LogP contribution is 2.13. The third kappa shape index (κ3) is 3.50. The van der Waals surface area contributed by atoms with Gasteiger partial charge in [-0.05, 0) is 30.1 Å². The second-order valence-corrected chi connectivity index (χ2v) is 3.34. The summed E-state index contributed by atoms with van der Waals surface area (Å²) < 4.78 is 0. The summed E-state index contributed by atoms with van der Waals surface area (Å²) in [6.45, 7) is 3.16. The van der Waals surface area contributed by atoms with Crippen molar-refractivity contribution in [2.75, 3.05) is 18.0 Å². The molecule has 0 aliphatic carbocycles. The van der Waals surface area contributed by atoms with E-state index in [9.17, 15) is 0 Å². The Kier molecular flexibility index (Phi) is 4.53. The van der Waals surface area contributed by atoms with Crippen LogP contribution in [0.2, 0.25) is 10.6 Å². The molecule has 0 saturated heterocycles. The van der Waals surface area contributed by atoms with Crippen LogP contribution in [0.1, 0.15) is 13.3 Å². The van der Waals surface area contributed by atoms with E-state index in [1.165, 1.54) is 0 Å². The zero-order valence-electron chi connectivity index (χ0n) is 8.11. The molecule has 7 heteroatoms. The highest BCUT2D eigenvalue weighted by atomic mass is 35.5.